The second-order valence-electron chi connectivity index (χ2n) is 4.50. The van der Waals surface area contributed by atoms with Gasteiger partial charge in [0.05, 0.1) is 0 Å². The van der Waals surface area contributed by atoms with Gasteiger partial charge in [0.1, 0.15) is 0 Å². The molecule has 0 aromatic heterocycles. The number of rotatable bonds is 8. The topological polar surface area (TPSA) is 139 Å². The molecule has 0 fully saturated rings. The number of ether oxygens (including phenoxy) is 2. The van der Waals surface area contributed by atoms with Crippen molar-refractivity contribution >= 4 is 24.9 Å². The normalized spacial score (nSPS) is 17.2. The monoisotopic (exact) mass is 313 g/mol. The Bertz CT molecular complexity index is 514. The molecule has 120 valence electrons. The van der Waals surface area contributed by atoms with Crippen molar-refractivity contribution in [2.45, 2.75) is 32.5 Å². The summed E-state index contributed by atoms with van der Waals surface area (Å²) in [6.07, 6.45) is -3.24. The fraction of sp³-hybridized carbons (Fsp3) is 0.385. The van der Waals surface area contributed by atoms with E-state index < -0.39 is 24.1 Å². The molecule has 0 amide bonds. The van der Waals surface area contributed by atoms with E-state index in [1.54, 1.807) is 13.8 Å². The highest BCUT2D eigenvalue weighted by atomic mass is 16.6. The van der Waals surface area contributed by atoms with Crippen LogP contribution in [0.4, 0.5) is 0 Å². The molecule has 9 heteroatoms. The molecule has 3 N–H and O–H groups in total. The Morgan fingerprint density at radius 2 is 1.36 bits per heavy atom. The second kappa shape index (κ2) is 7.25. The van der Waals surface area contributed by atoms with E-state index in [9.17, 15) is 19.2 Å². The van der Waals surface area contributed by atoms with Crippen molar-refractivity contribution in [3.05, 3.63) is 22.5 Å². The highest BCUT2D eigenvalue weighted by Gasteiger charge is 2.34. The molecule has 0 bridgehead atoms. The number of hydrogen-bond donors (Lipinski definition) is 3. The van der Waals surface area contributed by atoms with Gasteiger partial charge in [0, 0.05) is 29.0 Å². The fourth-order valence-electron chi connectivity index (χ4n) is 2.18. The Balaban J connectivity index is 3.17. The standard InChI is InChI=1S/C13H15NO8/c1-6-8(10(12(17)18)21-4-15)3-9(7(2)14-6)11(13(19)20)22-5-16/h4-5,10-11,14H,3H2,1-2H3,(H,17,18)(H,19,20). The molecule has 22 heavy (non-hydrogen) atoms. The molecule has 0 saturated carbocycles. The van der Waals surface area contributed by atoms with E-state index in [0.29, 0.717) is 11.4 Å². The van der Waals surface area contributed by atoms with E-state index in [-0.39, 0.29) is 30.5 Å². The number of dihydropyridines is 1. The smallest absolute Gasteiger partial charge is 0.349 e. The zero-order valence-electron chi connectivity index (χ0n) is 11.9. The molecule has 1 rings (SSSR count). The molecule has 2 atom stereocenters. The maximum Gasteiger partial charge on any atom is 0.349 e. The first-order valence-corrected chi connectivity index (χ1v) is 6.13. The van der Waals surface area contributed by atoms with Crippen LogP contribution in [0.25, 0.3) is 0 Å². The number of aliphatic carboxylic acids is 2. The molecule has 0 aromatic carbocycles. The van der Waals surface area contributed by atoms with Crippen molar-refractivity contribution < 1.29 is 38.9 Å². The van der Waals surface area contributed by atoms with Crippen LogP contribution >= 0.6 is 0 Å². The van der Waals surface area contributed by atoms with E-state index in [2.05, 4.69) is 14.8 Å². The van der Waals surface area contributed by atoms with Gasteiger partial charge in [-0.05, 0) is 13.8 Å². The van der Waals surface area contributed by atoms with Crippen molar-refractivity contribution in [1.82, 2.24) is 5.32 Å². The van der Waals surface area contributed by atoms with E-state index in [1.807, 2.05) is 0 Å². The summed E-state index contributed by atoms with van der Waals surface area (Å²) in [6, 6.07) is 0. The quantitative estimate of drug-likeness (QED) is 0.519. The van der Waals surface area contributed by atoms with Gasteiger partial charge in [-0.25, -0.2) is 9.59 Å². The van der Waals surface area contributed by atoms with Crippen LogP contribution < -0.4 is 5.32 Å². The Morgan fingerprint density at radius 3 is 1.64 bits per heavy atom. The number of nitrogens with one attached hydrogen (secondary N) is 1. The van der Waals surface area contributed by atoms with Crippen molar-refractivity contribution in [1.29, 1.82) is 0 Å². The first-order chi connectivity index (χ1) is 10.3. The third kappa shape index (κ3) is 3.62. The van der Waals surface area contributed by atoms with Crippen LogP contribution in [0.1, 0.15) is 20.3 Å². The van der Waals surface area contributed by atoms with E-state index >= 15 is 0 Å². The minimum atomic E-state index is -1.56. The first-order valence-electron chi connectivity index (χ1n) is 6.13. The van der Waals surface area contributed by atoms with Crippen LogP contribution in [0.2, 0.25) is 0 Å². The van der Waals surface area contributed by atoms with Gasteiger partial charge in [-0.2, -0.15) is 0 Å². The number of allylic oxidation sites excluding steroid dienone is 2. The summed E-state index contributed by atoms with van der Waals surface area (Å²) < 4.78 is 9.08. The number of carbonyl (C=O) groups is 4. The zero-order chi connectivity index (χ0) is 16.9. The lowest BCUT2D eigenvalue weighted by molar-refractivity contribution is -0.154. The molecule has 1 aliphatic rings. The van der Waals surface area contributed by atoms with Crippen LogP contribution in [-0.2, 0) is 28.7 Å². The summed E-state index contributed by atoms with van der Waals surface area (Å²) in [6.45, 7) is 3.13. The van der Waals surface area contributed by atoms with Gasteiger partial charge >= 0.3 is 11.9 Å². The van der Waals surface area contributed by atoms with Gasteiger partial charge in [0.15, 0.2) is 0 Å². The number of carboxylic acids is 2. The minimum absolute atomic E-state index is 0.000512. The average Bonchev–Trinajstić information content (AvgIpc) is 2.43. The molecule has 0 spiro atoms. The van der Waals surface area contributed by atoms with Crippen molar-refractivity contribution in [2.24, 2.45) is 0 Å². The summed E-state index contributed by atoms with van der Waals surface area (Å²) >= 11 is 0. The van der Waals surface area contributed by atoms with Gasteiger partial charge < -0.3 is 25.0 Å². The van der Waals surface area contributed by atoms with Crippen LogP contribution in [0.3, 0.4) is 0 Å². The SMILES string of the molecule is CC1=C(C(OC=O)C(=O)O)CC(C(OC=O)C(=O)O)=C(C)N1. The third-order valence-corrected chi connectivity index (χ3v) is 3.18. The molecule has 2 unspecified atom stereocenters. The van der Waals surface area contributed by atoms with Gasteiger partial charge in [0.2, 0.25) is 12.2 Å². The van der Waals surface area contributed by atoms with Crippen molar-refractivity contribution in [3.63, 3.8) is 0 Å². The molecule has 1 aliphatic heterocycles. The Labute approximate surface area is 125 Å². The highest BCUT2D eigenvalue weighted by Crippen LogP contribution is 2.29. The number of hydrogen-bond acceptors (Lipinski definition) is 7. The molecule has 0 saturated heterocycles. The van der Waals surface area contributed by atoms with Gasteiger partial charge in [-0.3, -0.25) is 9.59 Å². The maximum absolute atomic E-state index is 11.2. The molecular weight excluding hydrogens is 298 g/mol. The predicted molar refractivity (Wildman–Crippen MR) is 70.3 cm³/mol. The molecule has 0 aliphatic carbocycles. The Hall–Kier alpha value is -2.84. The third-order valence-electron chi connectivity index (χ3n) is 3.18. The highest BCUT2D eigenvalue weighted by molar-refractivity contribution is 5.80. The number of carbonyl (C=O) groups excluding carboxylic acids is 2. The molecule has 0 radical (unpaired) electrons. The van der Waals surface area contributed by atoms with Crippen molar-refractivity contribution in [2.75, 3.05) is 0 Å². The molecule has 9 nitrogen and oxygen atoms in total. The fourth-order valence-corrected chi connectivity index (χ4v) is 2.18. The maximum atomic E-state index is 11.2. The summed E-state index contributed by atoms with van der Waals surface area (Å²) in [5, 5.41) is 21.0. The average molecular weight is 313 g/mol. The van der Waals surface area contributed by atoms with Crippen LogP contribution in [0.15, 0.2) is 22.5 Å². The lowest BCUT2D eigenvalue weighted by Gasteiger charge is -2.28. The largest absolute Gasteiger partial charge is 0.478 e. The van der Waals surface area contributed by atoms with Gasteiger partial charge in [0.25, 0.3) is 12.9 Å². The molecule has 0 aromatic rings. The Morgan fingerprint density at radius 1 is 1.00 bits per heavy atom. The van der Waals surface area contributed by atoms with Crippen LogP contribution in [0.5, 0.6) is 0 Å². The first kappa shape index (κ1) is 17.2. The van der Waals surface area contributed by atoms with Crippen molar-refractivity contribution in [3.8, 4) is 0 Å². The lowest BCUT2D eigenvalue weighted by atomic mass is 9.91. The molecule has 1 heterocycles. The van der Waals surface area contributed by atoms with E-state index in [0.717, 1.165) is 0 Å². The second-order valence-corrected chi connectivity index (χ2v) is 4.50. The predicted octanol–water partition coefficient (Wildman–Crippen LogP) is -0.220. The minimum Gasteiger partial charge on any atom is -0.478 e. The zero-order valence-corrected chi connectivity index (χ0v) is 11.9. The summed E-state index contributed by atoms with van der Waals surface area (Å²) in [4.78, 5) is 43.3. The number of carboxylic acid groups (broad SMARTS) is 2. The van der Waals surface area contributed by atoms with Crippen LogP contribution in [-0.4, -0.2) is 47.3 Å². The summed E-state index contributed by atoms with van der Waals surface area (Å²) in [5.41, 5.74) is 1.18. The summed E-state index contributed by atoms with van der Waals surface area (Å²) in [5.74, 6) is -2.80. The lowest BCUT2D eigenvalue weighted by Crippen LogP contribution is -2.36. The van der Waals surface area contributed by atoms with Crippen LogP contribution in [0, 0.1) is 0 Å². The summed E-state index contributed by atoms with van der Waals surface area (Å²) in [7, 11) is 0. The van der Waals surface area contributed by atoms with Gasteiger partial charge in [-0.1, -0.05) is 0 Å². The van der Waals surface area contributed by atoms with E-state index in [1.165, 1.54) is 0 Å². The van der Waals surface area contributed by atoms with Gasteiger partial charge in [-0.15, -0.1) is 0 Å². The van der Waals surface area contributed by atoms with E-state index in [4.69, 9.17) is 10.2 Å². The molecular formula is C13H15NO8. The Kier molecular flexibility index (Phi) is 5.67.